The maximum absolute atomic E-state index is 11.8. The number of carbonyl (C=O) groups is 1. The molecule has 2 unspecified atom stereocenters. The van der Waals surface area contributed by atoms with Crippen LogP contribution >= 0.6 is 0 Å². The number of nitrogens with one attached hydrogen (secondary N) is 2. The number of hydrogen-bond acceptors (Lipinski definition) is 4. The molecule has 0 radical (unpaired) electrons. The lowest BCUT2D eigenvalue weighted by atomic mass is 9.79. The number of rotatable bonds is 3. The minimum absolute atomic E-state index is 0.145. The zero-order chi connectivity index (χ0) is 13.9. The summed E-state index contributed by atoms with van der Waals surface area (Å²) in [5.74, 6) is 0.0877. The highest BCUT2D eigenvalue weighted by atomic mass is 16.3. The normalized spacial score (nSPS) is 26.9. The maximum atomic E-state index is 11.8. The van der Waals surface area contributed by atoms with Crippen LogP contribution in [-0.4, -0.2) is 33.1 Å². The highest BCUT2D eigenvalue weighted by molar-refractivity contribution is 5.91. The van der Waals surface area contributed by atoms with Crippen molar-refractivity contribution in [3.63, 3.8) is 0 Å². The molecule has 1 aliphatic rings. The summed E-state index contributed by atoms with van der Waals surface area (Å²) in [6.45, 7) is 2.33. The second-order valence-corrected chi connectivity index (χ2v) is 5.40. The van der Waals surface area contributed by atoms with Crippen LogP contribution in [-0.2, 0) is 0 Å². The second-order valence-electron chi connectivity index (χ2n) is 5.40. The fourth-order valence-electron chi connectivity index (χ4n) is 2.59. The molecule has 0 spiro atoms. The van der Waals surface area contributed by atoms with Crippen LogP contribution in [0.5, 0.6) is 0 Å². The number of hydrogen-bond donors (Lipinski definition) is 3. The zero-order valence-corrected chi connectivity index (χ0v) is 11.0. The van der Waals surface area contributed by atoms with Gasteiger partial charge in [-0.3, -0.25) is 9.59 Å². The molecule has 1 aromatic rings. The van der Waals surface area contributed by atoms with Crippen LogP contribution in [0.2, 0.25) is 0 Å². The molecular weight excluding hydrogens is 246 g/mol. The Morgan fingerprint density at radius 3 is 3.11 bits per heavy atom. The zero-order valence-electron chi connectivity index (χ0n) is 11.0. The third kappa shape index (κ3) is 3.64. The first-order valence-corrected chi connectivity index (χ1v) is 6.54. The standard InChI is InChI=1S/C13H19N3O3/c1-9-3-2-4-13(19,5-9)8-16-12(18)10-6-15-11(17)7-14-10/h6-7,9,19H,2-5,8H2,1H3,(H,15,17)(H,16,18). The van der Waals surface area contributed by atoms with E-state index in [0.717, 1.165) is 19.0 Å². The predicted octanol–water partition coefficient (Wildman–Crippen LogP) is 0.441. The van der Waals surface area contributed by atoms with Crippen LogP contribution in [0.1, 0.15) is 43.1 Å². The summed E-state index contributed by atoms with van der Waals surface area (Å²) < 4.78 is 0. The van der Waals surface area contributed by atoms with Gasteiger partial charge in [0, 0.05) is 12.7 Å². The van der Waals surface area contributed by atoms with Crippen molar-refractivity contribution in [2.24, 2.45) is 5.92 Å². The molecule has 6 heteroatoms. The molecule has 2 atom stereocenters. The molecule has 1 aliphatic carbocycles. The highest BCUT2D eigenvalue weighted by Crippen LogP contribution is 2.31. The Labute approximate surface area is 111 Å². The lowest BCUT2D eigenvalue weighted by molar-refractivity contribution is -0.0109. The third-order valence-electron chi connectivity index (χ3n) is 3.55. The largest absolute Gasteiger partial charge is 0.388 e. The molecule has 0 bridgehead atoms. The highest BCUT2D eigenvalue weighted by Gasteiger charge is 2.32. The van der Waals surface area contributed by atoms with E-state index in [4.69, 9.17) is 0 Å². The molecule has 1 amide bonds. The number of aromatic amines is 1. The minimum Gasteiger partial charge on any atom is -0.388 e. The van der Waals surface area contributed by atoms with Crippen molar-refractivity contribution in [1.82, 2.24) is 15.3 Å². The Balaban J connectivity index is 1.92. The van der Waals surface area contributed by atoms with Gasteiger partial charge in [-0.25, -0.2) is 4.98 Å². The van der Waals surface area contributed by atoms with Crippen LogP contribution in [0.25, 0.3) is 0 Å². The lowest BCUT2D eigenvalue weighted by Gasteiger charge is -2.35. The van der Waals surface area contributed by atoms with Crippen LogP contribution in [0.4, 0.5) is 0 Å². The first kappa shape index (κ1) is 13.7. The molecule has 0 aliphatic heterocycles. The number of carbonyl (C=O) groups excluding carboxylic acids is 1. The van der Waals surface area contributed by atoms with Crippen LogP contribution in [0.15, 0.2) is 17.2 Å². The Hall–Kier alpha value is -1.69. The van der Waals surface area contributed by atoms with Gasteiger partial charge < -0.3 is 15.4 Å². The van der Waals surface area contributed by atoms with Crippen LogP contribution < -0.4 is 10.9 Å². The Morgan fingerprint density at radius 1 is 1.68 bits per heavy atom. The number of nitrogens with zero attached hydrogens (tertiary/aromatic N) is 1. The van der Waals surface area contributed by atoms with Gasteiger partial charge in [0.25, 0.3) is 11.5 Å². The number of H-pyrrole nitrogens is 1. The summed E-state index contributed by atoms with van der Waals surface area (Å²) in [6, 6.07) is 0. The van der Waals surface area contributed by atoms with Gasteiger partial charge in [-0.1, -0.05) is 19.8 Å². The predicted molar refractivity (Wildman–Crippen MR) is 69.8 cm³/mol. The summed E-state index contributed by atoms with van der Waals surface area (Å²) in [5.41, 5.74) is -1.03. The molecule has 3 N–H and O–H groups in total. The van der Waals surface area contributed by atoms with E-state index in [2.05, 4.69) is 22.2 Å². The Morgan fingerprint density at radius 2 is 2.47 bits per heavy atom. The molecule has 19 heavy (non-hydrogen) atoms. The summed E-state index contributed by atoms with van der Waals surface area (Å²) in [6.07, 6.45) is 5.84. The van der Waals surface area contributed by atoms with E-state index >= 15 is 0 Å². The number of amides is 1. The van der Waals surface area contributed by atoms with Crippen LogP contribution in [0, 0.1) is 5.92 Å². The van der Waals surface area contributed by atoms with Crippen molar-refractivity contribution in [3.05, 3.63) is 28.4 Å². The molecule has 104 valence electrons. The van der Waals surface area contributed by atoms with Gasteiger partial charge in [-0.2, -0.15) is 0 Å². The van der Waals surface area contributed by atoms with Gasteiger partial charge in [-0.15, -0.1) is 0 Å². The first-order chi connectivity index (χ1) is 8.98. The van der Waals surface area contributed by atoms with Crippen LogP contribution in [0.3, 0.4) is 0 Å². The van der Waals surface area contributed by atoms with Crippen molar-refractivity contribution < 1.29 is 9.90 Å². The van der Waals surface area contributed by atoms with Gasteiger partial charge in [0.2, 0.25) is 0 Å². The molecule has 1 aromatic heterocycles. The molecule has 0 saturated heterocycles. The lowest BCUT2D eigenvalue weighted by Crippen LogP contribution is -2.46. The summed E-state index contributed by atoms with van der Waals surface area (Å²) in [7, 11) is 0. The molecule has 1 saturated carbocycles. The van der Waals surface area contributed by atoms with Crippen molar-refractivity contribution in [2.45, 2.75) is 38.2 Å². The Kier molecular flexibility index (Phi) is 3.99. The maximum Gasteiger partial charge on any atom is 0.271 e. The monoisotopic (exact) mass is 265 g/mol. The Bertz CT molecular complexity index is 494. The molecular formula is C13H19N3O3. The van der Waals surface area contributed by atoms with Gasteiger partial charge in [0.1, 0.15) is 5.69 Å². The first-order valence-electron chi connectivity index (χ1n) is 6.54. The van der Waals surface area contributed by atoms with E-state index in [1.54, 1.807) is 0 Å². The molecule has 2 rings (SSSR count). The summed E-state index contributed by atoms with van der Waals surface area (Å²) in [4.78, 5) is 28.8. The minimum atomic E-state index is -0.824. The van der Waals surface area contributed by atoms with Gasteiger partial charge in [-0.05, 0) is 18.8 Å². The fraction of sp³-hybridized carbons (Fsp3) is 0.615. The summed E-state index contributed by atoms with van der Waals surface area (Å²) >= 11 is 0. The van der Waals surface area contributed by atoms with Crippen molar-refractivity contribution >= 4 is 5.91 Å². The SMILES string of the molecule is CC1CCCC(O)(CNC(=O)c2c[nH]c(=O)cn2)C1. The van der Waals surface area contributed by atoms with Gasteiger partial charge in [0.05, 0.1) is 11.8 Å². The quantitative estimate of drug-likeness (QED) is 0.739. The third-order valence-corrected chi connectivity index (χ3v) is 3.55. The molecule has 6 nitrogen and oxygen atoms in total. The van der Waals surface area contributed by atoms with Crippen molar-refractivity contribution in [3.8, 4) is 0 Å². The average Bonchev–Trinajstić information content (AvgIpc) is 2.37. The number of aromatic nitrogens is 2. The van der Waals surface area contributed by atoms with Crippen molar-refractivity contribution in [1.29, 1.82) is 0 Å². The second kappa shape index (κ2) is 5.52. The number of aliphatic hydroxyl groups is 1. The topological polar surface area (TPSA) is 95.1 Å². The summed E-state index contributed by atoms with van der Waals surface area (Å²) in [5, 5.41) is 13.1. The van der Waals surface area contributed by atoms with Gasteiger partial charge >= 0.3 is 0 Å². The van der Waals surface area contributed by atoms with E-state index in [9.17, 15) is 14.7 Å². The molecule has 0 aromatic carbocycles. The average molecular weight is 265 g/mol. The van der Waals surface area contributed by atoms with E-state index in [1.807, 2.05) is 0 Å². The smallest absolute Gasteiger partial charge is 0.271 e. The van der Waals surface area contributed by atoms with E-state index in [1.165, 1.54) is 6.20 Å². The van der Waals surface area contributed by atoms with Gasteiger partial charge in [0.15, 0.2) is 0 Å². The van der Waals surface area contributed by atoms with E-state index in [-0.39, 0.29) is 23.7 Å². The van der Waals surface area contributed by atoms with E-state index in [0.29, 0.717) is 18.8 Å². The van der Waals surface area contributed by atoms with Crippen molar-refractivity contribution in [2.75, 3.05) is 6.54 Å². The molecule has 1 fully saturated rings. The molecule has 1 heterocycles. The fourth-order valence-corrected chi connectivity index (χ4v) is 2.59. The van der Waals surface area contributed by atoms with E-state index < -0.39 is 5.60 Å².